The van der Waals surface area contributed by atoms with Crippen LogP contribution in [-0.2, 0) is 9.53 Å². The standard InChI is InChI=1S/C12H20N2O2S/c1-6-7-12(4,10(15)16-5)14-11-13-8(2)9(3)17-11/h6-7H2,1-5H3,(H,13,14). The number of ether oxygens (including phenoxy) is 1. The highest BCUT2D eigenvalue weighted by molar-refractivity contribution is 7.15. The Hall–Kier alpha value is -1.10. The summed E-state index contributed by atoms with van der Waals surface area (Å²) >= 11 is 1.56. The van der Waals surface area contributed by atoms with Gasteiger partial charge in [-0.1, -0.05) is 13.3 Å². The number of carbonyl (C=O) groups is 1. The zero-order valence-electron chi connectivity index (χ0n) is 11.1. The molecule has 0 bridgehead atoms. The molecule has 0 fully saturated rings. The number of hydrogen-bond acceptors (Lipinski definition) is 5. The summed E-state index contributed by atoms with van der Waals surface area (Å²) in [4.78, 5) is 17.4. The Kier molecular flexibility index (Phi) is 4.51. The largest absolute Gasteiger partial charge is 0.467 e. The molecule has 4 nitrogen and oxygen atoms in total. The minimum atomic E-state index is -0.694. The number of methoxy groups -OCH3 is 1. The van der Waals surface area contributed by atoms with Gasteiger partial charge >= 0.3 is 5.97 Å². The maximum absolute atomic E-state index is 11.8. The second-order valence-corrected chi connectivity index (χ2v) is 5.56. The van der Waals surface area contributed by atoms with E-state index in [1.807, 2.05) is 27.7 Å². The third kappa shape index (κ3) is 3.19. The van der Waals surface area contributed by atoms with Crippen LogP contribution in [-0.4, -0.2) is 23.6 Å². The maximum atomic E-state index is 11.8. The number of rotatable bonds is 5. The van der Waals surface area contributed by atoms with Crippen LogP contribution < -0.4 is 5.32 Å². The topological polar surface area (TPSA) is 51.2 Å². The molecule has 0 radical (unpaired) electrons. The van der Waals surface area contributed by atoms with Crippen LogP contribution in [0.15, 0.2) is 0 Å². The van der Waals surface area contributed by atoms with Gasteiger partial charge < -0.3 is 10.1 Å². The molecule has 0 aliphatic heterocycles. The molecule has 0 aromatic carbocycles. The number of aryl methyl sites for hydroxylation is 2. The number of aromatic nitrogens is 1. The Morgan fingerprint density at radius 2 is 2.18 bits per heavy atom. The van der Waals surface area contributed by atoms with Gasteiger partial charge in [0, 0.05) is 4.88 Å². The van der Waals surface area contributed by atoms with Crippen molar-refractivity contribution in [2.75, 3.05) is 12.4 Å². The van der Waals surface area contributed by atoms with Crippen molar-refractivity contribution in [3.05, 3.63) is 10.6 Å². The van der Waals surface area contributed by atoms with Gasteiger partial charge in [0.05, 0.1) is 12.8 Å². The molecule has 1 heterocycles. The Morgan fingerprint density at radius 3 is 2.59 bits per heavy atom. The summed E-state index contributed by atoms with van der Waals surface area (Å²) < 4.78 is 4.85. The molecule has 17 heavy (non-hydrogen) atoms. The number of esters is 1. The summed E-state index contributed by atoms with van der Waals surface area (Å²) in [6, 6.07) is 0. The van der Waals surface area contributed by atoms with E-state index in [0.29, 0.717) is 0 Å². The summed E-state index contributed by atoms with van der Waals surface area (Å²) in [5.41, 5.74) is 0.307. The lowest BCUT2D eigenvalue weighted by molar-refractivity contribution is -0.145. The summed E-state index contributed by atoms with van der Waals surface area (Å²) in [6.45, 7) is 7.88. The van der Waals surface area contributed by atoms with E-state index < -0.39 is 5.54 Å². The van der Waals surface area contributed by atoms with Crippen LogP contribution in [0.25, 0.3) is 0 Å². The molecule has 1 rings (SSSR count). The maximum Gasteiger partial charge on any atom is 0.331 e. The lowest BCUT2D eigenvalue weighted by Gasteiger charge is -2.27. The van der Waals surface area contributed by atoms with Crippen LogP contribution in [0.1, 0.15) is 37.3 Å². The van der Waals surface area contributed by atoms with E-state index in [1.54, 1.807) is 11.3 Å². The van der Waals surface area contributed by atoms with Crippen molar-refractivity contribution in [1.82, 2.24) is 4.98 Å². The average Bonchev–Trinajstić information content (AvgIpc) is 2.56. The molecule has 1 N–H and O–H groups in total. The lowest BCUT2D eigenvalue weighted by Crippen LogP contribution is -2.44. The van der Waals surface area contributed by atoms with Crippen molar-refractivity contribution in [2.24, 2.45) is 0 Å². The predicted molar refractivity (Wildman–Crippen MR) is 70.5 cm³/mol. The van der Waals surface area contributed by atoms with Gasteiger partial charge in [0.1, 0.15) is 5.54 Å². The first-order valence-corrected chi connectivity index (χ1v) is 6.55. The number of anilines is 1. The molecular formula is C12H20N2O2S. The normalized spacial score (nSPS) is 14.2. The zero-order valence-corrected chi connectivity index (χ0v) is 11.9. The first-order chi connectivity index (χ1) is 7.92. The molecule has 96 valence electrons. The Bertz CT molecular complexity index is 384. The van der Waals surface area contributed by atoms with Crippen molar-refractivity contribution < 1.29 is 9.53 Å². The summed E-state index contributed by atoms with van der Waals surface area (Å²) in [5.74, 6) is -0.246. The quantitative estimate of drug-likeness (QED) is 0.823. The van der Waals surface area contributed by atoms with E-state index in [9.17, 15) is 4.79 Å². The van der Waals surface area contributed by atoms with Gasteiger partial charge in [-0.05, 0) is 27.2 Å². The predicted octanol–water partition coefficient (Wildman–Crippen LogP) is 2.90. The van der Waals surface area contributed by atoms with Gasteiger partial charge in [0.2, 0.25) is 0 Å². The molecule has 0 amide bonds. The van der Waals surface area contributed by atoms with Gasteiger partial charge in [0.15, 0.2) is 5.13 Å². The fourth-order valence-corrected chi connectivity index (χ4v) is 2.65. The molecule has 0 aliphatic carbocycles. The molecule has 1 aromatic heterocycles. The summed E-state index contributed by atoms with van der Waals surface area (Å²) in [7, 11) is 1.41. The molecular weight excluding hydrogens is 236 g/mol. The highest BCUT2D eigenvalue weighted by Gasteiger charge is 2.34. The van der Waals surface area contributed by atoms with Crippen molar-refractivity contribution in [3.8, 4) is 0 Å². The van der Waals surface area contributed by atoms with Gasteiger partial charge in [0.25, 0.3) is 0 Å². The second kappa shape index (κ2) is 5.49. The molecule has 0 aliphatic rings. The van der Waals surface area contributed by atoms with E-state index >= 15 is 0 Å². The zero-order chi connectivity index (χ0) is 13.1. The van der Waals surface area contributed by atoms with E-state index in [2.05, 4.69) is 10.3 Å². The Morgan fingerprint density at radius 1 is 1.53 bits per heavy atom. The van der Waals surface area contributed by atoms with Crippen molar-refractivity contribution in [3.63, 3.8) is 0 Å². The average molecular weight is 256 g/mol. The number of nitrogens with one attached hydrogen (secondary N) is 1. The van der Waals surface area contributed by atoms with E-state index in [1.165, 1.54) is 7.11 Å². The fraction of sp³-hybridized carbons (Fsp3) is 0.667. The number of carbonyl (C=O) groups excluding carboxylic acids is 1. The van der Waals surface area contributed by atoms with Crippen LogP contribution >= 0.6 is 11.3 Å². The molecule has 1 atom stereocenters. The Balaban J connectivity index is 2.90. The minimum Gasteiger partial charge on any atom is -0.467 e. The number of thiazole rings is 1. The first kappa shape index (κ1) is 14.0. The van der Waals surface area contributed by atoms with Crippen LogP contribution in [0, 0.1) is 13.8 Å². The van der Waals surface area contributed by atoms with E-state index in [0.717, 1.165) is 28.5 Å². The highest BCUT2D eigenvalue weighted by atomic mass is 32.1. The summed E-state index contributed by atoms with van der Waals surface area (Å²) in [6.07, 6.45) is 1.62. The first-order valence-electron chi connectivity index (χ1n) is 5.73. The van der Waals surface area contributed by atoms with Crippen LogP contribution in [0.5, 0.6) is 0 Å². The molecule has 1 aromatic rings. The molecule has 1 unspecified atom stereocenters. The lowest BCUT2D eigenvalue weighted by atomic mass is 9.97. The highest BCUT2D eigenvalue weighted by Crippen LogP contribution is 2.27. The third-order valence-electron chi connectivity index (χ3n) is 2.80. The minimum absolute atomic E-state index is 0.246. The second-order valence-electron chi connectivity index (χ2n) is 4.36. The van der Waals surface area contributed by atoms with Crippen LogP contribution in [0.3, 0.4) is 0 Å². The number of hydrogen-bond donors (Lipinski definition) is 1. The van der Waals surface area contributed by atoms with E-state index in [4.69, 9.17) is 4.74 Å². The summed E-state index contributed by atoms with van der Waals surface area (Å²) in [5, 5.41) is 3.98. The smallest absolute Gasteiger partial charge is 0.331 e. The van der Waals surface area contributed by atoms with Crippen molar-refractivity contribution in [2.45, 2.75) is 46.1 Å². The van der Waals surface area contributed by atoms with Crippen molar-refractivity contribution >= 4 is 22.4 Å². The fourth-order valence-electron chi connectivity index (χ4n) is 1.70. The molecule has 5 heteroatoms. The van der Waals surface area contributed by atoms with Gasteiger partial charge in [-0.2, -0.15) is 0 Å². The SMILES string of the molecule is CCCC(C)(Nc1nc(C)c(C)s1)C(=O)OC. The van der Waals surface area contributed by atoms with Gasteiger partial charge in [-0.15, -0.1) is 11.3 Å². The molecule has 0 spiro atoms. The monoisotopic (exact) mass is 256 g/mol. The van der Waals surface area contributed by atoms with Gasteiger partial charge in [-0.25, -0.2) is 9.78 Å². The third-order valence-corrected chi connectivity index (χ3v) is 3.79. The molecule has 0 saturated carbocycles. The van der Waals surface area contributed by atoms with Crippen LogP contribution in [0.2, 0.25) is 0 Å². The van der Waals surface area contributed by atoms with Crippen molar-refractivity contribution in [1.29, 1.82) is 0 Å². The Labute approximate surface area is 106 Å². The van der Waals surface area contributed by atoms with Crippen LogP contribution in [0.4, 0.5) is 5.13 Å². The number of nitrogens with zero attached hydrogens (tertiary/aromatic N) is 1. The van der Waals surface area contributed by atoms with Gasteiger partial charge in [-0.3, -0.25) is 0 Å². The molecule has 0 saturated heterocycles. The van der Waals surface area contributed by atoms with E-state index in [-0.39, 0.29) is 5.97 Å².